The van der Waals surface area contributed by atoms with Crippen LogP contribution in [0.3, 0.4) is 0 Å². The predicted molar refractivity (Wildman–Crippen MR) is 92.5 cm³/mol. The highest BCUT2D eigenvalue weighted by Gasteiger charge is 2.58. The van der Waals surface area contributed by atoms with Crippen LogP contribution in [0.4, 0.5) is 10.7 Å². The van der Waals surface area contributed by atoms with E-state index < -0.39 is 15.8 Å². The first-order valence-corrected chi connectivity index (χ1v) is 9.21. The van der Waals surface area contributed by atoms with E-state index in [0.29, 0.717) is 18.4 Å². The van der Waals surface area contributed by atoms with Crippen molar-refractivity contribution in [1.29, 1.82) is 0 Å². The molecule has 128 valence electrons. The second-order valence-corrected chi connectivity index (χ2v) is 7.92. The number of anilines is 1. The monoisotopic (exact) mass is 376 g/mol. The maximum atomic E-state index is 12.8. The van der Waals surface area contributed by atoms with Gasteiger partial charge in [0.2, 0.25) is 5.91 Å². The standard InChI is InChI=1S/C16H12N2O5S2/c19-13-5-6-16(17(13)11-3-1-2-4-12(11)25-16)15(20)23-8-10-7-14(18(21)22)24-9-10/h1-4,7,9H,5-6,8H2. The van der Waals surface area contributed by atoms with Crippen LogP contribution in [0.2, 0.25) is 0 Å². The van der Waals surface area contributed by atoms with Crippen LogP contribution in [0.15, 0.2) is 40.6 Å². The van der Waals surface area contributed by atoms with Crippen LogP contribution in [-0.4, -0.2) is 21.7 Å². The van der Waals surface area contributed by atoms with Gasteiger partial charge in [-0.1, -0.05) is 35.2 Å². The van der Waals surface area contributed by atoms with Crippen LogP contribution >= 0.6 is 23.1 Å². The van der Waals surface area contributed by atoms with Crippen LogP contribution < -0.4 is 4.90 Å². The average molecular weight is 376 g/mol. The molecule has 1 aromatic carbocycles. The molecule has 0 saturated carbocycles. The molecule has 25 heavy (non-hydrogen) atoms. The number of ether oxygens (including phenoxy) is 1. The molecular weight excluding hydrogens is 364 g/mol. The van der Waals surface area contributed by atoms with Crippen molar-refractivity contribution in [3.8, 4) is 0 Å². The number of hydrogen-bond donors (Lipinski definition) is 0. The quantitative estimate of drug-likeness (QED) is 0.462. The number of rotatable bonds is 4. The summed E-state index contributed by atoms with van der Waals surface area (Å²) in [6.07, 6.45) is 0.675. The Labute approximate surface area is 150 Å². The Morgan fingerprint density at radius 1 is 1.40 bits per heavy atom. The molecule has 0 bridgehead atoms. The lowest BCUT2D eigenvalue weighted by Crippen LogP contribution is -2.47. The first-order chi connectivity index (χ1) is 12.0. The number of carbonyl (C=O) groups is 2. The van der Waals surface area contributed by atoms with Crippen molar-refractivity contribution in [3.63, 3.8) is 0 Å². The third-order valence-electron chi connectivity index (χ3n) is 4.18. The van der Waals surface area contributed by atoms with Crippen molar-refractivity contribution >= 4 is 45.7 Å². The van der Waals surface area contributed by atoms with E-state index in [9.17, 15) is 19.7 Å². The second-order valence-electron chi connectivity index (χ2n) is 5.71. The summed E-state index contributed by atoms with van der Waals surface area (Å²) in [5, 5.41) is 12.3. The Morgan fingerprint density at radius 3 is 2.96 bits per heavy atom. The number of nitro groups is 1. The second kappa shape index (κ2) is 5.85. The van der Waals surface area contributed by atoms with Gasteiger partial charge >= 0.3 is 11.0 Å². The normalized spacial score (nSPS) is 21.1. The SMILES string of the molecule is O=C1CCC2(C(=O)OCc3csc([N+](=O)[O-])c3)Sc3ccccc3N12. The van der Waals surface area contributed by atoms with Gasteiger partial charge in [-0.2, -0.15) is 0 Å². The van der Waals surface area contributed by atoms with Gasteiger partial charge in [-0.05, 0) is 12.1 Å². The van der Waals surface area contributed by atoms with Gasteiger partial charge in [-0.15, -0.1) is 0 Å². The number of benzene rings is 1. The maximum absolute atomic E-state index is 12.8. The van der Waals surface area contributed by atoms with Crippen molar-refractivity contribution in [2.45, 2.75) is 29.2 Å². The van der Waals surface area contributed by atoms with Crippen molar-refractivity contribution in [1.82, 2.24) is 0 Å². The van der Waals surface area contributed by atoms with Gasteiger partial charge in [0.05, 0.1) is 10.6 Å². The summed E-state index contributed by atoms with van der Waals surface area (Å²) >= 11 is 2.33. The molecule has 0 N–H and O–H groups in total. The zero-order valence-corrected chi connectivity index (χ0v) is 14.5. The smallest absolute Gasteiger partial charge is 0.343 e. The molecule has 1 unspecified atom stereocenters. The lowest BCUT2D eigenvalue weighted by Gasteiger charge is -2.28. The number of amides is 1. The zero-order valence-electron chi connectivity index (χ0n) is 12.8. The van der Waals surface area contributed by atoms with Gasteiger partial charge in [-0.25, -0.2) is 4.79 Å². The number of fused-ring (bicyclic) bond motifs is 3. The van der Waals surface area contributed by atoms with Crippen molar-refractivity contribution in [2.75, 3.05) is 4.90 Å². The van der Waals surface area contributed by atoms with Gasteiger partial charge in [0.25, 0.3) is 0 Å². The van der Waals surface area contributed by atoms with Crippen molar-refractivity contribution in [3.05, 3.63) is 51.4 Å². The lowest BCUT2D eigenvalue weighted by molar-refractivity contribution is -0.380. The highest BCUT2D eigenvalue weighted by atomic mass is 32.2. The third kappa shape index (κ3) is 2.50. The van der Waals surface area contributed by atoms with E-state index in [1.54, 1.807) is 5.38 Å². The topological polar surface area (TPSA) is 89.8 Å². The fraction of sp³-hybridized carbons (Fsp3) is 0.250. The first-order valence-electron chi connectivity index (χ1n) is 7.51. The summed E-state index contributed by atoms with van der Waals surface area (Å²) in [6, 6.07) is 8.79. The van der Waals surface area contributed by atoms with Gasteiger partial charge < -0.3 is 4.74 Å². The Bertz CT molecular complexity index is 896. The molecule has 4 rings (SSSR count). The highest BCUT2D eigenvalue weighted by molar-refractivity contribution is 8.02. The Kier molecular flexibility index (Phi) is 3.77. The number of para-hydroxylation sites is 1. The van der Waals surface area contributed by atoms with E-state index in [1.807, 2.05) is 24.3 Å². The third-order valence-corrected chi connectivity index (χ3v) is 6.57. The van der Waals surface area contributed by atoms with E-state index in [2.05, 4.69) is 0 Å². The molecule has 1 saturated heterocycles. The molecule has 0 aliphatic carbocycles. The average Bonchev–Trinajstić information content (AvgIpc) is 3.27. The molecule has 1 aromatic heterocycles. The van der Waals surface area contributed by atoms with E-state index in [1.165, 1.54) is 22.7 Å². The summed E-state index contributed by atoms with van der Waals surface area (Å²) in [5.41, 5.74) is 1.30. The van der Waals surface area contributed by atoms with Gasteiger partial charge in [0.1, 0.15) is 6.61 Å². The summed E-state index contributed by atoms with van der Waals surface area (Å²) in [5.74, 6) is -0.589. The van der Waals surface area contributed by atoms with Crippen LogP contribution in [0.25, 0.3) is 0 Å². The Hall–Kier alpha value is -2.39. The van der Waals surface area contributed by atoms with Crippen molar-refractivity contribution in [2.24, 2.45) is 0 Å². The van der Waals surface area contributed by atoms with Crippen LogP contribution in [0.1, 0.15) is 18.4 Å². The minimum atomic E-state index is -1.07. The van der Waals surface area contributed by atoms with E-state index in [4.69, 9.17) is 4.74 Å². The van der Waals surface area contributed by atoms with Crippen LogP contribution in [0.5, 0.6) is 0 Å². The molecule has 0 spiro atoms. The molecule has 3 heterocycles. The minimum Gasteiger partial charge on any atom is -0.458 e. The summed E-state index contributed by atoms with van der Waals surface area (Å²) in [4.78, 5) is 36.7. The zero-order chi connectivity index (χ0) is 17.6. The molecule has 2 aliphatic heterocycles. The van der Waals surface area contributed by atoms with Crippen LogP contribution in [-0.2, 0) is 20.9 Å². The molecule has 9 heteroatoms. The number of nitrogens with zero attached hydrogens (tertiary/aromatic N) is 2. The first kappa shape index (κ1) is 16.1. The van der Waals surface area contributed by atoms with E-state index in [0.717, 1.165) is 21.9 Å². The molecule has 2 aliphatic rings. The van der Waals surface area contributed by atoms with Crippen LogP contribution in [0, 0.1) is 10.1 Å². The lowest BCUT2D eigenvalue weighted by atomic mass is 10.2. The molecule has 1 amide bonds. The predicted octanol–water partition coefficient (Wildman–Crippen LogP) is 3.33. The molecule has 0 radical (unpaired) electrons. The van der Waals surface area contributed by atoms with Crippen molar-refractivity contribution < 1.29 is 19.2 Å². The summed E-state index contributed by atoms with van der Waals surface area (Å²) in [7, 11) is 0. The largest absolute Gasteiger partial charge is 0.458 e. The van der Waals surface area contributed by atoms with E-state index in [-0.39, 0.29) is 17.5 Å². The molecule has 1 atom stereocenters. The van der Waals surface area contributed by atoms with E-state index >= 15 is 0 Å². The molecule has 2 aromatic rings. The number of thioether (sulfide) groups is 1. The van der Waals surface area contributed by atoms with Gasteiger partial charge in [0.15, 0.2) is 4.87 Å². The fourth-order valence-corrected chi connectivity index (χ4v) is 5.19. The maximum Gasteiger partial charge on any atom is 0.343 e. The summed E-state index contributed by atoms with van der Waals surface area (Å²) < 4.78 is 5.42. The molecule has 7 nitrogen and oxygen atoms in total. The number of hydrogen-bond acceptors (Lipinski definition) is 7. The minimum absolute atomic E-state index is 0.00419. The highest BCUT2D eigenvalue weighted by Crippen LogP contribution is 2.56. The summed E-state index contributed by atoms with van der Waals surface area (Å²) in [6.45, 7) is -0.0517. The molecule has 1 fully saturated rings. The fourth-order valence-electron chi connectivity index (χ4n) is 3.07. The van der Waals surface area contributed by atoms with Gasteiger partial charge in [0, 0.05) is 34.7 Å². The Morgan fingerprint density at radius 2 is 2.20 bits per heavy atom. The Balaban J connectivity index is 1.55. The number of thiophene rings is 1. The molecular formula is C16H12N2O5S2. The number of carbonyl (C=O) groups excluding carboxylic acids is 2. The van der Waals surface area contributed by atoms with Gasteiger partial charge in [-0.3, -0.25) is 19.8 Å². The number of esters is 1.